The SMILES string of the molecule is CC(N)CCC(=O)Nc1nc(CN2CCCC(C)C2)cs1. The van der Waals surface area contributed by atoms with Gasteiger partial charge >= 0.3 is 0 Å². The second-order valence-electron chi connectivity index (χ2n) is 6.19. The average molecular weight is 310 g/mol. The highest BCUT2D eigenvalue weighted by Crippen LogP contribution is 2.21. The minimum atomic E-state index is -0.000190. The van der Waals surface area contributed by atoms with E-state index in [9.17, 15) is 4.79 Å². The van der Waals surface area contributed by atoms with Crippen LogP contribution in [0.25, 0.3) is 0 Å². The van der Waals surface area contributed by atoms with Crippen molar-refractivity contribution in [1.29, 1.82) is 0 Å². The third kappa shape index (κ3) is 5.73. The summed E-state index contributed by atoms with van der Waals surface area (Å²) in [6.45, 7) is 7.40. The fourth-order valence-electron chi connectivity index (χ4n) is 2.64. The molecule has 21 heavy (non-hydrogen) atoms. The van der Waals surface area contributed by atoms with Gasteiger partial charge in [0.2, 0.25) is 5.91 Å². The summed E-state index contributed by atoms with van der Waals surface area (Å²) >= 11 is 1.50. The molecule has 2 heterocycles. The molecule has 2 atom stereocenters. The maximum atomic E-state index is 11.7. The third-order valence-corrected chi connectivity index (χ3v) is 4.56. The monoisotopic (exact) mass is 310 g/mol. The predicted molar refractivity (Wildman–Crippen MR) is 87.3 cm³/mol. The minimum Gasteiger partial charge on any atom is -0.328 e. The summed E-state index contributed by atoms with van der Waals surface area (Å²) in [5, 5.41) is 5.60. The molecule has 0 saturated carbocycles. The van der Waals surface area contributed by atoms with Gasteiger partial charge in [0.05, 0.1) is 5.69 Å². The molecule has 2 unspecified atom stereocenters. The molecule has 1 aromatic rings. The molecule has 1 aliphatic heterocycles. The lowest BCUT2D eigenvalue weighted by molar-refractivity contribution is -0.116. The summed E-state index contributed by atoms with van der Waals surface area (Å²) < 4.78 is 0. The van der Waals surface area contributed by atoms with Crippen LogP contribution in [-0.2, 0) is 11.3 Å². The van der Waals surface area contributed by atoms with Crippen LogP contribution in [0, 0.1) is 5.92 Å². The molecule has 1 amide bonds. The molecule has 0 radical (unpaired) electrons. The van der Waals surface area contributed by atoms with Gasteiger partial charge in [0.25, 0.3) is 0 Å². The molecule has 1 saturated heterocycles. The Morgan fingerprint density at radius 3 is 3.19 bits per heavy atom. The summed E-state index contributed by atoms with van der Waals surface area (Å²) in [6.07, 6.45) is 3.76. The number of carbonyl (C=O) groups excluding carboxylic acids is 1. The van der Waals surface area contributed by atoms with Crippen LogP contribution >= 0.6 is 11.3 Å². The van der Waals surface area contributed by atoms with Crippen molar-refractivity contribution in [3.8, 4) is 0 Å². The fourth-order valence-corrected chi connectivity index (χ4v) is 3.35. The van der Waals surface area contributed by atoms with Gasteiger partial charge in [0.1, 0.15) is 0 Å². The van der Waals surface area contributed by atoms with Crippen LogP contribution < -0.4 is 11.1 Å². The summed E-state index contributed by atoms with van der Waals surface area (Å²) in [7, 11) is 0. The number of thiazole rings is 1. The fraction of sp³-hybridized carbons (Fsp3) is 0.733. The van der Waals surface area contributed by atoms with Gasteiger partial charge in [0.15, 0.2) is 5.13 Å². The molecule has 0 bridgehead atoms. The Morgan fingerprint density at radius 1 is 1.67 bits per heavy atom. The van der Waals surface area contributed by atoms with E-state index >= 15 is 0 Å². The van der Waals surface area contributed by atoms with Crippen molar-refractivity contribution in [3.63, 3.8) is 0 Å². The largest absolute Gasteiger partial charge is 0.328 e. The topological polar surface area (TPSA) is 71.2 Å². The Balaban J connectivity index is 1.79. The molecule has 2 rings (SSSR count). The summed E-state index contributed by atoms with van der Waals surface area (Å²) in [5.74, 6) is 0.773. The van der Waals surface area contributed by atoms with E-state index in [-0.39, 0.29) is 11.9 Å². The van der Waals surface area contributed by atoms with E-state index in [0.717, 1.165) is 31.2 Å². The molecule has 1 aliphatic rings. The third-order valence-electron chi connectivity index (χ3n) is 3.75. The van der Waals surface area contributed by atoms with Crippen molar-refractivity contribution >= 4 is 22.4 Å². The van der Waals surface area contributed by atoms with Crippen LogP contribution in [0.5, 0.6) is 0 Å². The number of nitrogens with zero attached hydrogens (tertiary/aromatic N) is 2. The first-order valence-corrected chi connectivity index (χ1v) is 8.63. The van der Waals surface area contributed by atoms with Gasteiger partial charge in [-0.3, -0.25) is 9.69 Å². The lowest BCUT2D eigenvalue weighted by Crippen LogP contribution is -2.33. The van der Waals surface area contributed by atoms with Crippen LogP contribution in [0.15, 0.2) is 5.38 Å². The zero-order valence-corrected chi connectivity index (χ0v) is 13.8. The Bertz CT molecular complexity index is 460. The van der Waals surface area contributed by atoms with Gasteiger partial charge in [-0.25, -0.2) is 4.98 Å². The quantitative estimate of drug-likeness (QED) is 0.846. The van der Waals surface area contributed by atoms with Gasteiger partial charge < -0.3 is 11.1 Å². The van der Waals surface area contributed by atoms with Crippen molar-refractivity contribution in [2.45, 2.75) is 52.1 Å². The number of aromatic nitrogens is 1. The minimum absolute atomic E-state index is 0.000190. The Hall–Kier alpha value is -0.980. The average Bonchev–Trinajstić information content (AvgIpc) is 2.83. The van der Waals surface area contributed by atoms with Gasteiger partial charge in [-0.05, 0) is 38.6 Å². The zero-order chi connectivity index (χ0) is 15.2. The van der Waals surface area contributed by atoms with Crippen molar-refractivity contribution in [3.05, 3.63) is 11.1 Å². The second kappa shape index (κ2) is 7.87. The van der Waals surface area contributed by atoms with Crippen LogP contribution in [0.3, 0.4) is 0 Å². The van der Waals surface area contributed by atoms with Gasteiger partial charge in [-0.15, -0.1) is 11.3 Å². The molecule has 0 spiro atoms. The standard InChI is InChI=1S/C15H26N4OS/c1-11-4-3-7-19(8-11)9-13-10-21-15(17-13)18-14(20)6-5-12(2)16/h10-12H,3-9,16H2,1-2H3,(H,17,18,20). The second-order valence-corrected chi connectivity index (χ2v) is 7.05. The van der Waals surface area contributed by atoms with Crippen molar-refractivity contribution in [1.82, 2.24) is 9.88 Å². The summed E-state index contributed by atoms with van der Waals surface area (Å²) in [6, 6.07) is 0.0590. The van der Waals surface area contributed by atoms with E-state index in [1.165, 1.54) is 24.2 Å². The number of hydrogen-bond donors (Lipinski definition) is 2. The number of anilines is 1. The smallest absolute Gasteiger partial charge is 0.226 e. The van der Waals surface area contributed by atoms with Crippen LogP contribution in [0.4, 0.5) is 5.13 Å². The maximum absolute atomic E-state index is 11.7. The maximum Gasteiger partial charge on any atom is 0.226 e. The number of piperidine rings is 1. The molecule has 1 fully saturated rings. The Labute approximate surface area is 130 Å². The van der Waals surface area contributed by atoms with Crippen molar-refractivity contribution in [2.24, 2.45) is 11.7 Å². The Morgan fingerprint density at radius 2 is 2.48 bits per heavy atom. The first kappa shape index (κ1) is 16.4. The zero-order valence-electron chi connectivity index (χ0n) is 13.0. The van der Waals surface area contributed by atoms with Crippen LogP contribution in [-0.4, -0.2) is 34.9 Å². The normalized spacial score (nSPS) is 21.2. The summed E-state index contributed by atoms with van der Waals surface area (Å²) in [4.78, 5) is 18.7. The molecule has 1 aromatic heterocycles. The lowest BCUT2D eigenvalue weighted by Gasteiger charge is -2.30. The van der Waals surface area contributed by atoms with E-state index < -0.39 is 0 Å². The van der Waals surface area contributed by atoms with Crippen molar-refractivity contribution < 1.29 is 4.79 Å². The van der Waals surface area contributed by atoms with E-state index in [0.29, 0.717) is 18.0 Å². The first-order chi connectivity index (χ1) is 10.0. The van der Waals surface area contributed by atoms with Gasteiger partial charge in [0, 0.05) is 30.9 Å². The van der Waals surface area contributed by atoms with E-state index in [2.05, 4.69) is 22.1 Å². The number of likely N-dealkylation sites (tertiary alicyclic amines) is 1. The number of hydrogen-bond acceptors (Lipinski definition) is 5. The number of carbonyl (C=O) groups is 1. The van der Waals surface area contributed by atoms with E-state index in [1.807, 2.05) is 12.3 Å². The highest BCUT2D eigenvalue weighted by Gasteiger charge is 2.17. The number of rotatable bonds is 6. The molecule has 3 N–H and O–H groups in total. The van der Waals surface area contributed by atoms with E-state index in [1.54, 1.807) is 0 Å². The molecule has 0 aliphatic carbocycles. The van der Waals surface area contributed by atoms with Crippen LogP contribution in [0.2, 0.25) is 0 Å². The summed E-state index contributed by atoms with van der Waals surface area (Å²) in [5.41, 5.74) is 6.71. The van der Waals surface area contributed by atoms with E-state index in [4.69, 9.17) is 5.73 Å². The molecule has 5 nitrogen and oxygen atoms in total. The molecule has 6 heteroatoms. The highest BCUT2D eigenvalue weighted by atomic mass is 32.1. The molecular formula is C15H26N4OS. The molecular weight excluding hydrogens is 284 g/mol. The van der Waals surface area contributed by atoms with Gasteiger partial charge in [-0.2, -0.15) is 0 Å². The number of nitrogens with one attached hydrogen (secondary N) is 1. The van der Waals surface area contributed by atoms with Crippen LogP contribution in [0.1, 0.15) is 45.2 Å². The lowest BCUT2D eigenvalue weighted by atomic mass is 10.0. The van der Waals surface area contributed by atoms with Crippen molar-refractivity contribution in [2.75, 3.05) is 18.4 Å². The number of nitrogens with two attached hydrogens (primary N) is 1. The highest BCUT2D eigenvalue weighted by molar-refractivity contribution is 7.13. The van der Waals surface area contributed by atoms with Gasteiger partial charge in [-0.1, -0.05) is 6.92 Å². The molecule has 0 aromatic carbocycles. The molecule has 118 valence electrons. The Kier molecular flexibility index (Phi) is 6.14. The predicted octanol–water partition coefficient (Wildman–Crippen LogP) is 2.44. The first-order valence-electron chi connectivity index (χ1n) is 7.75. The number of amides is 1.